The van der Waals surface area contributed by atoms with Gasteiger partial charge in [-0.05, 0) is 12.6 Å². The van der Waals surface area contributed by atoms with Crippen LogP contribution in [0.1, 0.15) is 5.69 Å². The normalized spacial score (nSPS) is 18.5. The quantitative estimate of drug-likeness (QED) is 0.0431. The molecule has 0 aromatic carbocycles. The number of thiazole rings is 1. The number of nitrogens with two attached hydrogens (primary N) is 1. The van der Waals surface area contributed by atoms with E-state index in [4.69, 9.17) is 15.7 Å². The highest BCUT2D eigenvalue weighted by atomic mass is 32.2. The van der Waals surface area contributed by atoms with E-state index in [-0.39, 0.29) is 28.8 Å². The van der Waals surface area contributed by atoms with Gasteiger partial charge in [0.25, 0.3) is 11.8 Å². The summed E-state index contributed by atoms with van der Waals surface area (Å²) < 4.78 is 1.67. The van der Waals surface area contributed by atoms with Crippen molar-refractivity contribution < 1.29 is 43.6 Å². The van der Waals surface area contributed by atoms with E-state index in [2.05, 4.69) is 27.4 Å². The van der Waals surface area contributed by atoms with E-state index in [9.17, 15) is 29.1 Å². The smallest absolute Gasteiger partial charge is 0.374 e. The Bertz CT molecular complexity index is 1450. The Morgan fingerprint density at radius 2 is 2.15 bits per heavy atom. The molecule has 1 fully saturated rings. The molecule has 1 saturated heterocycles. The maximum atomic E-state index is 13.1. The van der Waals surface area contributed by atoms with Crippen molar-refractivity contribution in [3.63, 3.8) is 0 Å². The standard InChI is InChI=1S/C22H19N7O8S2/c1-10(20(33)34)37-27-14(13-8-39-22(23)25-13)17(31)26-15-18(32)29-16(21(35)36)11(7-38-19(15)29)5-28-4-2-3-12(6-28)24-9-30/h2-4,6,8-9,15,19H,1,5,7H2,(H5-,23,24,25,26,30,31,33,34,35,36)/p+1/t15-,19+/m1/s1. The number of carboxylic acid groups (broad SMARTS) is 2. The topological polar surface area (TPSA) is 217 Å². The lowest BCUT2D eigenvalue weighted by atomic mass is 10.0. The van der Waals surface area contributed by atoms with E-state index in [0.29, 0.717) is 17.7 Å². The number of nitrogens with one attached hydrogen (secondary N) is 2. The van der Waals surface area contributed by atoms with Crippen LogP contribution in [0.2, 0.25) is 0 Å². The second-order valence-electron chi connectivity index (χ2n) is 7.98. The van der Waals surface area contributed by atoms with Gasteiger partial charge in [0, 0.05) is 22.8 Å². The fourth-order valence-electron chi connectivity index (χ4n) is 3.75. The van der Waals surface area contributed by atoms with Gasteiger partial charge in [-0.1, -0.05) is 5.16 Å². The number of oxime groups is 1. The van der Waals surface area contributed by atoms with Crippen LogP contribution >= 0.6 is 23.1 Å². The summed E-state index contributed by atoms with van der Waals surface area (Å²) in [5.74, 6) is -4.91. The maximum Gasteiger partial charge on any atom is 0.374 e. The van der Waals surface area contributed by atoms with Crippen LogP contribution < -0.4 is 20.9 Å². The number of aliphatic carboxylic acids is 2. The SMILES string of the molecule is C=C(ON=C(C(=O)N[C@@H]1C(=O)N2C(C(=O)O)=C(C[n+]3cccc(NC=O)c3)CS[C@@H]12)c1csc(N)n1)C(=O)O. The Labute approximate surface area is 227 Å². The molecule has 0 spiro atoms. The molecule has 2 aliphatic heterocycles. The van der Waals surface area contributed by atoms with E-state index in [1.807, 2.05) is 0 Å². The molecule has 0 saturated carbocycles. The van der Waals surface area contributed by atoms with Crippen molar-refractivity contribution in [2.45, 2.75) is 18.0 Å². The van der Waals surface area contributed by atoms with Crippen molar-refractivity contribution in [2.75, 3.05) is 16.8 Å². The summed E-state index contributed by atoms with van der Waals surface area (Å²) >= 11 is 2.24. The predicted octanol–water partition coefficient (Wildman–Crippen LogP) is -0.661. The zero-order chi connectivity index (χ0) is 28.3. The highest BCUT2D eigenvalue weighted by Crippen LogP contribution is 2.40. The van der Waals surface area contributed by atoms with E-state index < -0.39 is 46.6 Å². The Morgan fingerprint density at radius 1 is 1.38 bits per heavy atom. The molecule has 4 rings (SSSR count). The Kier molecular flexibility index (Phi) is 7.91. The lowest BCUT2D eigenvalue weighted by Gasteiger charge is -2.49. The van der Waals surface area contributed by atoms with Crippen LogP contribution in [-0.4, -0.2) is 73.1 Å². The summed E-state index contributed by atoms with van der Waals surface area (Å²) in [6.07, 6.45) is 3.82. The van der Waals surface area contributed by atoms with Gasteiger partial charge in [-0.3, -0.25) is 19.3 Å². The molecule has 4 heterocycles. The predicted molar refractivity (Wildman–Crippen MR) is 137 cm³/mol. The average molecular weight is 575 g/mol. The third kappa shape index (κ3) is 5.73. The van der Waals surface area contributed by atoms with Crippen molar-refractivity contribution in [2.24, 2.45) is 5.16 Å². The number of carbonyl (C=O) groups is 5. The van der Waals surface area contributed by atoms with Crippen molar-refractivity contribution in [1.82, 2.24) is 15.2 Å². The van der Waals surface area contributed by atoms with Crippen LogP contribution in [0.4, 0.5) is 10.8 Å². The van der Waals surface area contributed by atoms with E-state index >= 15 is 0 Å². The molecule has 2 atom stereocenters. The van der Waals surface area contributed by atoms with Crippen LogP contribution in [0, 0.1) is 0 Å². The molecule has 17 heteroatoms. The number of nitrogen functional groups attached to an aromatic ring is 1. The second kappa shape index (κ2) is 11.3. The Morgan fingerprint density at radius 3 is 2.79 bits per heavy atom. The third-order valence-electron chi connectivity index (χ3n) is 5.46. The number of thioether (sulfide) groups is 1. The van der Waals surface area contributed by atoms with E-state index in [0.717, 1.165) is 16.2 Å². The number of aromatic nitrogens is 2. The molecule has 0 radical (unpaired) electrons. The molecule has 2 aliphatic rings. The van der Waals surface area contributed by atoms with Crippen LogP contribution in [0.5, 0.6) is 0 Å². The van der Waals surface area contributed by atoms with Gasteiger partial charge in [0.2, 0.25) is 12.2 Å². The molecule has 202 valence electrons. The number of carboxylic acids is 2. The first-order valence-corrected chi connectivity index (χ1v) is 12.8. The zero-order valence-corrected chi connectivity index (χ0v) is 21.4. The van der Waals surface area contributed by atoms with Crippen molar-refractivity contribution in [3.8, 4) is 0 Å². The number of carbonyl (C=O) groups excluding carboxylic acids is 3. The minimum atomic E-state index is -1.51. The monoisotopic (exact) mass is 574 g/mol. The Hall–Kier alpha value is -4.77. The first kappa shape index (κ1) is 27.3. The van der Waals surface area contributed by atoms with Crippen molar-refractivity contribution in [3.05, 3.63) is 59.2 Å². The number of rotatable bonds is 11. The van der Waals surface area contributed by atoms with Crippen LogP contribution in [-0.2, 0) is 35.4 Å². The average Bonchev–Trinajstić information content (AvgIpc) is 3.32. The van der Waals surface area contributed by atoms with Gasteiger partial charge in [-0.25, -0.2) is 14.6 Å². The van der Waals surface area contributed by atoms with Crippen LogP contribution in [0.3, 0.4) is 0 Å². The van der Waals surface area contributed by atoms with Gasteiger partial charge in [-0.2, -0.15) is 4.57 Å². The Balaban J connectivity index is 1.54. The maximum absolute atomic E-state index is 13.1. The molecule has 39 heavy (non-hydrogen) atoms. The lowest BCUT2D eigenvalue weighted by molar-refractivity contribution is -0.688. The summed E-state index contributed by atoms with van der Waals surface area (Å²) in [5.41, 5.74) is 5.91. The number of hydrogen-bond acceptors (Lipinski definition) is 11. The minimum Gasteiger partial charge on any atom is -0.477 e. The highest BCUT2D eigenvalue weighted by molar-refractivity contribution is 8.00. The van der Waals surface area contributed by atoms with Crippen LogP contribution in [0.15, 0.2) is 58.7 Å². The number of β-lactam (4-membered cyclic amide) rings is 1. The summed E-state index contributed by atoms with van der Waals surface area (Å²) in [5, 5.41) is 28.2. The molecule has 0 unspecified atom stereocenters. The largest absolute Gasteiger partial charge is 0.477 e. The van der Waals surface area contributed by atoms with Gasteiger partial charge < -0.3 is 31.4 Å². The van der Waals surface area contributed by atoms with Gasteiger partial charge in [0.05, 0.1) is 0 Å². The summed E-state index contributed by atoms with van der Waals surface area (Å²) in [6.45, 7) is 3.31. The molecular formula is C22H20N7O8S2+. The molecule has 6 N–H and O–H groups in total. The molecule has 0 bridgehead atoms. The van der Waals surface area contributed by atoms with Crippen LogP contribution in [0.25, 0.3) is 0 Å². The summed E-state index contributed by atoms with van der Waals surface area (Å²) in [6, 6.07) is 2.24. The van der Waals surface area contributed by atoms with Gasteiger partial charge >= 0.3 is 11.9 Å². The lowest BCUT2D eigenvalue weighted by Crippen LogP contribution is -2.71. The number of fused-ring (bicyclic) bond motifs is 1. The molecule has 15 nitrogen and oxygen atoms in total. The highest BCUT2D eigenvalue weighted by Gasteiger charge is 2.54. The number of anilines is 2. The minimum absolute atomic E-state index is 0.0233. The summed E-state index contributed by atoms with van der Waals surface area (Å²) in [7, 11) is 0. The fourth-order valence-corrected chi connectivity index (χ4v) is 5.63. The van der Waals surface area contributed by atoms with Crippen molar-refractivity contribution >= 4 is 69.8 Å². The number of pyridine rings is 1. The van der Waals surface area contributed by atoms with Gasteiger partial charge in [0.15, 0.2) is 29.8 Å². The second-order valence-corrected chi connectivity index (χ2v) is 9.97. The van der Waals surface area contributed by atoms with Crippen molar-refractivity contribution in [1.29, 1.82) is 0 Å². The summed E-state index contributed by atoms with van der Waals surface area (Å²) in [4.78, 5) is 69.7. The van der Waals surface area contributed by atoms with Gasteiger partial charge in [-0.15, -0.1) is 23.1 Å². The van der Waals surface area contributed by atoms with E-state index in [1.54, 1.807) is 29.1 Å². The number of hydrogen-bond donors (Lipinski definition) is 5. The molecule has 3 amide bonds. The molecular weight excluding hydrogens is 554 g/mol. The molecule has 0 aliphatic carbocycles. The molecule has 2 aromatic rings. The van der Waals surface area contributed by atoms with E-state index in [1.165, 1.54) is 17.1 Å². The number of amides is 3. The van der Waals surface area contributed by atoms with Gasteiger partial charge in [0.1, 0.15) is 28.5 Å². The number of nitrogens with zero attached hydrogens (tertiary/aromatic N) is 4. The fraction of sp³-hybridized carbons (Fsp3) is 0.182. The molecule has 2 aromatic heterocycles. The first-order chi connectivity index (χ1) is 18.6. The zero-order valence-electron chi connectivity index (χ0n) is 19.8. The first-order valence-electron chi connectivity index (χ1n) is 10.9. The third-order valence-corrected chi connectivity index (χ3v) is 7.47.